The van der Waals surface area contributed by atoms with E-state index in [1.54, 1.807) is 29.2 Å². The molecule has 2 aliphatic heterocycles. The number of nitrogens with zero attached hydrogens (tertiary/aromatic N) is 3. The summed E-state index contributed by atoms with van der Waals surface area (Å²) < 4.78 is 29.1. The van der Waals surface area contributed by atoms with Gasteiger partial charge in [-0.05, 0) is 35.9 Å². The maximum Gasteiger partial charge on any atom is 0.258 e. The lowest BCUT2D eigenvalue weighted by atomic mass is 10.1. The Kier molecular flexibility index (Phi) is 3.96. The molecule has 7 nitrogen and oxygen atoms in total. The van der Waals surface area contributed by atoms with E-state index in [1.165, 1.54) is 12.1 Å². The van der Waals surface area contributed by atoms with Gasteiger partial charge in [0.2, 0.25) is 12.7 Å². The number of aromatic nitrogens is 2. The molecule has 0 radical (unpaired) electrons. The van der Waals surface area contributed by atoms with E-state index in [0.717, 1.165) is 11.1 Å². The number of likely N-dealkylation sites (tertiary alicyclic amines) is 1. The molecule has 1 atom stereocenters. The molecule has 1 amide bonds. The molecule has 0 saturated carbocycles. The van der Waals surface area contributed by atoms with E-state index < -0.39 is 0 Å². The predicted molar refractivity (Wildman–Crippen MR) is 95.0 cm³/mol. The Bertz CT molecular complexity index is 1030. The van der Waals surface area contributed by atoms with Gasteiger partial charge in [0, 0.05) is 31.0 Å². The van der Waals surface area contributed by atoms with Crippen LogP contribution in [0.3, 0.4) is 0 Å². The fourth-order valence-electron chi connectivity index (χ4n) is 3.46. The lowest BCUT2D eigenvalue weighted by Crippen LogP contribution is -2.24. The number of fused-ring (bicyclic) bond motifs is 1. The lowest BCUT2D eigenvalue weighted by molar-refractivity contribution is -0.128. The molecule has 0 spiro atoms. The molecule has 1 saturated heterocycles. The van der Waals surface area contributed by atoms with Crippen molar-refractivity contribution in [2.24, 2.45) is 0 Å². The molecule has 5 rings (SSSR count). The van der Waals surface area contributed by atoms with E-state index in [4.69, 9.17) is 14.0 Å². The number of carbonyl (C=O) groups excluding carboxylic acids is 1. The van der Waals surface area contributed by atoms with E-state index in [-0.39, 0.29) is 24.4 Å². The van der Waals surface area contributed by atoms with Gasteiger partial charge < -0.3 is 18.9 Å². The average molecular weight is 381 g/mol. The molecular formula is C20H16FN3O4. The monoisotopic (exact) mass is 381 g/mol. The zero-order chi connectivity index (χ0) is 19.1. The van der Waals surface area contributed by atoms with Gasteiger partial charge >= 0.3 is 0 Å². The van der Waals surface area contributed by atoms with Crippen LogP contribution in [-0.4, -0.2) is 34.3 Å². The van der Waals surface area contributed by atoms with Gasteiger partial charge in [0.15, 0.2) is 17.3 Å². The number of ether oxygens (including phenoxy) is 2. The highest BCUT2D eigenvalue weighted by Gasteiger charge is 2.34. The minimum atomic E-state index is -0.294. The molecule has 142 valence electrons. The topological polar surface area (TPSA) is 77.7 Å². The minimum absolute atomic E-state index is 0.0174. The summed E-state index contributed by atoms with van der Waals surface area (Å²) in [5.41, 5.74) is 1.61. The normalized spacial score (nSPS) is 18.1. The second-order valence-corrected chi connectivity index (χ2v) is 6.83. The zero-order valence-corrected chi connectivity index (χ0v) is 14.8. The van der Waals surface area contributed by atoms with E-state index in [0.29, 0.717) is 42.7 Å². The van der Waals surface area contributed by atoms with Gasteiger partial charge in [-0.2, -0.15) is 4.98 Å². The molecule has 3 heterocycles. The smallest absolute Gasteiger partial charge is 0.258 e. The molecular weight excluding hydrogens is 365 g/mol. The number of halogens is 1. The van der Waals surface area contributed by atoms with Crippen LogP contribution in [0.1, 0.15) is 23.7 Å². The third-order valence-electron chi connectivity index (χ3n) is 4.93. The molecule has 28 heavy (non-hydrogen) atoms. The van der Waals surface area contributed by atoms with Crippen LogP contribution >= 0.6 is 0 Å². The first kappa shape index (κ1) is 16.7. The molecule has 2 aromatic carbocycles. The van der Waals surface area contributed by atoms with E-state index in [2.05, 4.69) is 10.1 Å². The zero-order valence-electron chi connectivity index (χ0n) is 14.8. The Morgan fingerprint density at radius 1 is 1.11 bits per heavy atom. The minimum Gasteiger partial charge on any atom is -0.454 e. The van der Waals surface area contributed by atoms with Crippen LogP contribution in [0.4, 0.5) is 4.39 Å². The fourth-order valence-corrected chi connectivity index (χ4v) is 3.46. The van der Waals surface area contributed by atoms with Gasteiger partial charge in [0.05, 0.1) is 0 Å². The predicted octanol–water partition coefficient (Wildman–Crippen LogP) is 3.12. The van der Waals surface area contributed by atoms with Gasteiger partial charge in [-0.1, -0.05) is 17.3 Å². The first-order chi connectivity index (χ1) is 13.7. The molecule has 1 unspecified atom stereocenters. The van der Waals surface area contributed by atoms with Gasteiger partial charge in [-0.15, -0.1) is 0 Å². The van der Waals surface area contributed by atoms with Crippen molar-refractivity contribution in [1.29, 1.82) is 0 Å². The number of benzene rings is 2. The largest absolute Gasteiger partial charge is 0.454 e. The lowest BCUT2D eigenvalue weighted by Gasteiger charge is -2.16. The Hall–Kier alpha value is -3.42. The number of hydrogen-bond acceptors (Lipinski definition) is 6. The van der Waals surface area contributed by atoms with Crippen LogP contribution in [0.15, 0.2) is 47.0 Å². The standard InChI is InChI=1S/C20H16FN3O4/c21-15-4-1-12(2-5-15)9-24-10-14(8-18(24)25)19-22-20(28-23-19)13-3-6-16-17(7-13)27-11-26-16/h1-7,14H,8-11H2. The van der Waals surface area contributed by atoms with Crippen molar-refractivity contribution in [2.75, 3.05) is 13.3 Å². The number of amides is 1. The molecule has 3 aromatic rings. The summed E-state index contributed by atoms with van der Waals surface area (Å²) in [7, 11) is 0. The summed E-state index contributed by atoms with van der Waals surface area (Å²) in [4.78, 5) is 18.6. The third kappa shape index (κ3) is 3.06. The van der Waals surface area contributed by atoms with Crippen molar-refractivity contribution in [2.45, 2.75) is 18.9 Å². The molecule has 0 aliphatic carbocycles. The summed E-state index contributed by atoms with van der Waals surface area (Å²) in [6, 6.07) is 11.6. The Morgan fingerprint density at radius 3 is 2.79 bits per heavy atom. The second-order valence-electron chi connectivity index (χ2n) is 6.83. The molecule has 0 bridgehead atoms. The Morgan fingerprint density at radius 2 is 1.93 bits per heavy atom. The van der Waals surface area contributed by atoms with E-state index in [1.807, 2.05) is 6.07 Å². The summed E-state index contributed by atoms with van der Waals surface area (Å²) in [6.45, 7) is 1.13. The van der Waals surface area contributed by atoms with Crippen LogP contribution in [0, 0.1) is 5.82 Å². The van der Waals surface area contributed by atoms with E-state index in [9.17, 15) is 9.18 Å². The Balaban J connectivity index is 1.31. The molecule has 1 fully saturated rings. The summed E-state index contributed by atoms with van der Waals surface area (Å²) in [5.74, 6) is 1.78. The Labute approximate surface area is 159 Å². The van der Waals surface area contributed by atoms with Crippen LogP contribution in [-0.2, 0) is 11.3 Å². The average Bonchev–Trinajstić information content (AvgIpc) is 3.43. The summed E-state index contributed by atoms with van der Waals surface area (Å²) >= 11 is 0. The van der Waals surface area contributed by atoms with E-state index >= 15 is 0 Å². The third-order valence-corrected chi connectivity index (χ3v) is 4.93. The molecule has 2 aliphatic rings. The van der Waals surface area contributed by atoms with Crippen LogP contribution in [0.2, 0.25) is 0 Å². The highest BCUT2D eigenvalue weighted by molar-refractivity contribution is 5.79. The van der Waals surface area contributed by atoms with Gasteiger partial charge in [-0.25, -0.2) is 4.39 Å². The number of carbonyl (C=O) groups is 1. The highest BCUT2D eigenvalue weighted by Crippen LogP contribution is 2.36. The van der Waals surface area contributed by atoms with Gasteiger partial charge in [0.1, 0.15) is 5.82 Å². The van der Waals surface area contributed by atoms with Gasteiger partial charge in [-0.3, -0.25) is 4.79 Å². The number of rotatable bonds is 4. The first-order valence-corrected chi connectivity index (χ1v) is 8.91. The highest BCUT2D eigenvalue weighted by atomic mass is 19.1. The van der Waals surface area contributed by atoms with Crippen molar-refractivity contribution in [3.63, 3.8) is 0 Å². The van der Waals surface area contributed by atoms with Crippen LogP contribution in [0.25, 0.3) is 11.5 Å². The maximum absolute atomic E-state index is 13.1. The fraction of sp³-hybridized carbons (Fsp3) is 0.250. The quantitative estimate of drug-likeness (QED) is 0.691. The van der Waals surface area contributed by atoms with Crippen molar-refractivity contribution in [3.8, 4) is 23.0 Å². The SMILES string of the molecule is O=C1CC(c2noc(-c3ccc4c(c3)OCO4)n2)CN1Cc1ccc(F)cc1. The van der Waals surface area contributed by atoms with Crippen molar-refractivity contribution >= 4 is 5.91 Å². The van der Waals surface area contributed by atoms with Crippen LogP contribution in [0.5, 0.6) is 11.5 Å². The first-order valence-electron chi connectivity index (χ1n) is 8.91. The van der Waals surface area contributed by atoms with Crippen molar-refractivity contribution in [1.82, 2.24) is 15.0 Å². The molecule has 8 heteroatoms. The van der Waals surface area contributed by atoms with Crippen molar-refractivity contribution < 1.29 is 23.2 Å². The molecule has 0 N–H and O–H groups in total. The second kappa shape index (κ2) is 6.63. The molecule has 1 aromatic heterocycles. The number of hydrogen-bond donors (Lipinski definition) is 0. The van der Waals surface area contributed by atoms with Crippen LogP contribution < -0.4 is 9.47 Å². The summed E-state index contributed by atoms with van der Waals surface area (Å²) in [6.07, 6.45) is 0.321. The van der Waals surface area contributed by atoms with Gasteiger partial charge in [0.25, 0.3) is 5.89 Å². The van der Waals surface area contributed by atoms with Crippen molar-refractivity contribution in [3.05, 3.63) is 59.7 Å². The summed E-state index contributed by atoms with van der Waals surface area (Å²) in [5, 5.41) is 4.07. The maximum atomic E-state index is 13.1.